The molecule has 0 aliphatic carbocycles. The van der Waals surface area contributed by atoms with Crippen LogP contribution in [0, 0.1) is 12.8 Å². The molecule has 2 aromatic rings. The van der Waals surface area contributed by atoms with Crippen LogP contribution >= 0.6 is 0 Å². The highest BCUT2D eigenvalue weighted by Gasteiger charge is 2.26. The Morgan fingerprint density at radius 2 is 2.14 bits per heavy atom. The number of aromatic nitrogens is 2. The predicted molar refractivity (Wildman–Crippen MR) is 86.2 cm³/mol. The van der Waals surface area contributed by atoms with Crippen LogP contribution in [0.2, 0.25) is 0 Å². The highest BCUT2D eigenvalue weighted by atomic mass is 16.2. The smallest absolute Gasteiger partial charge is 0.253 e. The molecule has 22 heavy (non-hydrogen) atoms. The maximum Gasteiger partial charge on any atom is 0.253 e. The van der Waals surface area contributed by atoms with E-state index in [-0.39, 0.29) is 5.91 Å². The van der Waals surface area contributed by atoms with Crippen LogP contribution in [0.25, 0.3) is 5.69 Å². The molecule has 1 aliphatic heterocycles. The summed E-state index contributed by atoms with van der Waals surface area (Å²) >= 11 is 0. The second-order valence-corrected chi connectivity index (χ2v) is 5.97. The summed E-state index contributed by atoms with van der Waals surface area (Å²) < 4.78 is 1.82. The lowest BCUT2D eigenvalue weighted by Gasteiger charge is -2.16. The number of carbonyl (C=O) groups excluding carboxylic acids is 1. The van der Waals surface area contributed by atoms with Crippen molar-refractivity contribution < 1.29 is 4.79 Å². The van der Waals surface area contributed by atoms with Crippen LogP contribution in [0.5, 0.6) is 0 Å². The fourth-order valence-corrected chi connectivity index (χ4v) is 2.97. The van der Waals surface area contributed by atoms with E-state index in [2.05, 4.69) is 10.4 Å². The molecule has 0 saturated carbocycles. The van der Waals surface area contributed by atoms with Gasteiger partial charge < -0.3 is 10.2 Å². The Hall–Kier alpha value is -2.14. The third-order valence-electron chi connectivity index (χ3n) is 4.16. The first-order valence-corrected chi connectivity index (χ1v) is 7.73. The summed E-state index contributed by atoms with van der Waals surface area (Å²) in [5.41, 5.74) is 2.84. The van der Waals surface area contributed by atoms with E-state index in [1.165, 1.54) is 0 Å². The highest BCUT2D eigenvalue weighted by molar-refractivity contribution is 5.94. The number of benzene rings is 1. The molecule has 1 fully saturated rings. The highest BCUT2D eigenvalue weighted by Crippen LogP contribution is 2.19. The minimum atomic E-state index is 0.127. The Bertz CT molecular complexity index is 647. The van der Waals surface area contributed by atoms with Gasteiger partial charge in [-0.2, -0.15) is 5.10 Å². The maximum absolute atomic E-state index is 12.5. The molecule has 3 rings (SSSR count). The molecule has 1 N–H and O–H groups in total. The number of rotatable bonds is 4. The zero-order chi connectivity index (χ0) is 15.5. The molecule has 1 aliphatic rings. The fraction of sp³-hybridized carbons (Fsp3) is 0.412. The van der Waals surface area contributed by atoms with Crippen molar-refractivity contribution in [2.24, 2.45) is 5.92 Å². The number of likely N-dealkylation sites (tertiary alicyclic amines) is 1. The van der Waals surface area contributed by atoms with Crippen LogP contribution in [0.15, 0.2) is 36.7 Å². The first-order valence-electron chi connectivity index (χ1n) is 7.73. The monoisotopic (exact) mass is 298 g/mol. The third kappa shape index (κ3) is 3.04. The molecule has 1 aromatic heterocycles. The molecule has 0 unspecified atom stereocenters. The van der Waals surface area contributed by atoms with Crippen LogP contribution in [0.4, 0.5) is 0 Å². The van der Waals surface area contributed by atoms with Gasteiger partial charge in [0.05, 0.1) is 11.9 Å². The van der Waals surface area contributed by atoms with Gasteiger partial charge in [-0.15, -0.1) is 0 Å². The number of carbonyl (C=O) groups is 1. The Labute approximate surface area is 130 Å². The van der Waals surface area contributed by atoms with Gasteiger partial charge >= 0.3 is 0 Å². The molecule has 0 radical (unpaired) electrons. The van der Waals surface area contributed by atoms with Gasteiger partial charge in [-0.05, 0) is 62.7 Å². The molecular weight excluding hydrogens is 276 g/mol. The van der Waals surface area contributed by atoms with Gasteiger partial charge in [0.25, 0.3) is 5.91 Å². The lowest BCUT2D eigenvalue weighted by molar-refractivity contribution is 0.0787. The van der Waals surface area contributed by atoms with Crippen molar-refractivity contribution in [2.75, 3.05) is 26.7 Å². The van der Waals surface area contributed by atoms with Crippen molar-refractivity contribution in [1.82, 2.24) is 20.0 Å². The van der Waals surface area contributed by atoms with Crippen molar-refractivity contribution in [3.8, 4) is 5.69 Å². The first-order chi connectivity index (χ1) is 10.7. The number of amides is 1. The van der Waals surface area contributed by atoms with Gasteiger partial charge in [-0.1, -0.05) is 0 Å². The summed E-state index contributed by atoms with van der Waals surface area (Å²) in [7, 11) is 1.96. The SMILES string of the molecule is CNC[C@H]1CCN(C(=O)c2ccc(-n3cc(C)cn3)cc2)C1. The van der Waals surface area contributed by atoms with Gasteiger partial charge in [0.15, 0.2) is 0 Å². The Morgan fingerprint density at radius 3 is 2.77 bits per heavy atom. The maximum atomic E-state index is 12.5. The van der Waals surface area contributed by atoms with Crippen LogP contribution in [0.3, 0.4) is 0 Å². The topological polar surface area (TPSA) is 50.2 Å². The average Bonchev–Trinajstić information content (AvgIpc) is 3.16. The number of hydrogen-bond donors (Lipinski definition) is 1. The van der Waals surface area contributed by atoms with Crippen molar-refractivity contribution in [3.63, 3.8) is 0 Å². The summed E-state index contributed by atoms with van der Waals surface area (Å²) in [5.74, 6) is 0.696. The molecule has 0 spiro atoms. The lowest BCUT2D eigenvalue weighted by atomic mass is 10.1. The van der Waals surface area contributed by atoms with E-state index in [4.69, 9.17) is 0 Å². The van der Waals surface area contributed by atoms with Crippen molar-refractivity contribution in [2.45, 2.75) is 13.3 Å². The van der Waals surface area contributed by atoms with Gasteiger partial charge in [-0.3, -0.25) is 4.79 Å². The summed E-state index contributed by atoms with van der Waals surface area (Å²) in [6.07, 6.45) is 4.88. The van der Waals surface area contributed by atoms with Gasteiger partial charge in [0, 0.05) is 24.8 Å². The molecule has 5 heteroatoms. The second-order valence-electron chi connectivity index (χ2n) is 5.97. The Morgan fingerprint density at radius 1 is 1.36 bits per heavy atom. The number of nitrogens with one attached hydrogen (secondary N) is 1. The molecule has 1 saturated heterocycles. The summed E-state index contributed by atoms with van der Waals surface area (Å²) in [6, 6.07) is 7.67. The molecule has 2 heterocycles. The first kappa shape index (κ1) is 14.8. The van der Waals surface area contributed by atoms with Gasteiger partial charge in [0.2, 0.25) is 0 Å². The molecule has 1 atom stereocenters. The molecule has 0 bridgehead atoms. The Balaban J connectivity index is 1.69. The lowest BCUT2D eigenvalue weighted by Crippen LogP contribution is -2.30. The zero-order valence-electron chi connectivity index (χ0n) is 13.1. The summed E-state index contributed by atoms with van der Waals surface area (Å²) in [4.78, 5) is 14.5. The van der Waals surface area contributed by atoms with E-state index in [9.17, 15) is 4.79 Å². The van der Waals surface area contributed by atoms with E-state index in [1.54, 1.807) is 0 Å². The largest absolute Gasteiger partial charge is 0.338 e. The van der Waals surface area contributed by atoms with Crippen molar-refractivity contribution >= 4 is 5.91 Å². The number of nitrogens with zero attached hydrogens (tertiary/aromatic N) is 3. The van der Waals surface area contributed by atoms with E-state index in [0.29, 0.717) is 5.92 Å². The summed E-state index contributed by atoms with van der Waals surface area (Å²) in [6.45, 7) is 4.68. The van der Waals surface area contributed by atoms with E-state index >= 15 is 0 Å². The van der Waals surface area contributed by atoms with Gasteiger partial charge in [0.1, 0.15) is 0 Å². The number of aryl methyl sites for hydroxylation is 1. The normalized spacial score (nSPS) is 17.9. The van der Waals surface area contributed by atoms with E-state index in [1.807, 2.05) is 60.2 Å². The number of hydrogen-bond acceptors (Lipinski definition) is 3. The van der Waals surface area contributed by atoms with Crippen LogP contribution in [-0.2, 0) is 0 Å². The zero-order valence-corrected chi connectivity index (χ0v) is 13.1. The predicted octanol–water partition coefficient (Wildman–Crippen LogP) is 1.86. The average molecular weight is 298 g/mol. The molecule has 1 aromatic carbocycles. The molecule has 1 amide bonds. The summed E-state index contributed by atoms with van der Waals surface area (Å²) in [5, 5.41) is 7.47. The molecule has 5 nitrogen and oxygen atoms in total. The van der Waals surface area contributed by atoms with Crippen molar-refractivity contribution in [3.05, 3.63) is 47.8 Å². The van der Waals surface area contributed by atoms with Crippen LogP contribution in [0.1, 0.15) is 22.3 Å². The van der Waals surface area contributed by atoms with Crippen molar-refractivity contribution in [1.29, 1.82) is 0 Å². The van der Waals surface area contributed by atoms with Gasteiger partial charge in [-0.25, -0.2) is 4.68 Å². The van der Waals surface area contributed by atoms with Crippen LogP contribution in [-0.4, -0.2) is 47.3 Å². The third-order valence-corrected chi connectivity index (χ3v) is 4.16. The minimum absolute atomic E-state index is 0.127. The Kier molecular flexibility index (Phi) is 4.24. The molecule has 116 valence electrons. The standard InChI is InChI=1S/C17H22N4O/c1-13-9-19-21(11-13)16-5-3-15(4-6-16)17(22)20-8-7-14(12-20)10-18-2/h3-6,9,11,14,18H,7-8,10,12H2,1-2H3/t14-/m1/s1. The molecular formula is C17H22N4O. The van der Waals surface area contributed by atoms with E-state index in [0.717, 1.165) is 42.9 Å². The van der Waals surface area contributed by atoms with Crippen LogP contribution < -0.4 is 5.32 Å². The second kappa shape index (κ2) is 6.32. The minimum Gasteiger partial charge on any atom is -0.338 e. The quantitative estimate of drug-likeness (QED) is 0.937. The fourth-order valence-electron chi connectivity index (χ4n) is 2.97. The van der Waals surface area contributed by atoms with E-state index < -0.39 is 0 Å².